The lowest BCUT2D eigenvalue weighted by atomic mass is 10.1. The van der Waals surface area contributed by atoms with Crippen molar-refractivity contribution in [2.45, 2.75) is 20.0 Å². The first-order valence-electron chi connectivity index (χ1n) is 6.05. The van der Waals surface area contributed by atoms with Gasteiger partial charge in [-0.15, -0.1) is 0 Å². The molecule has 2 rings (SSSR count). The number of aliphatic hydroxyl groups is 1. The number of aromatic nitrogens is 1. The van der Waals surface area contributed by atoms with E-state index in [9.17, 15) is 4.79 Å². The van der Waals surface area contributed by atoms with Gasteiger partial charge in [0, 0.05) is 6.42 Å². The lowest BCUT2D eigenvalue weighted by molar-refractivity contribution is 0.0897. The zero-order chi connectivity index (χ0) is 13.7. The summed E-state index contributed by atoms with van der Waals surface area (Å²) in [5.41, 5.74) is 1.20. The Labute approximate surface area is 110 Å². The molecule has 2 aromatic rings. The van der Waals surface area contributed by atoms with Crippen LogP contribution in [0.5, 0.6) is 5.88 Å². The van der Waals surface area contributed by atoms with Crippen molar-refractivity contribution >= 4 is 5.78 Å². The van der Waals surface area contributed by atoms with Gasteiger partial charge in [0.25, 0.3) is 5.88 Å². The van der Waals surface area contributed by atoms with E-state index >= 15 is 0 Å². The Morgan fingerprint density at radius 3 is 2.74 bits per heavy atom. The minimum atomic E-state index is -0.587. The smallest absolute Gasteiger partial charge is 0.265 e. The molecule has 1 aromatic heterocycles. The van der Waals surface area contributed by atoms with E-state index in [1.807, 2.05) is 37.3 Å². The zero-order valence-electron chi connectivity index (χ0n) is 10.6. The molecule has 0 aliphatic rings. The van der Waals surface area contributed by atoms with Gasteiger partial charge in [0.15, 0.2) is 11.5 Å². The van der Waals surface area contributed by atoms with Crippen molar-refractivity contribution in [1.82, 2.24) is 5.16 Å². The first-order chi connectivity index (χ1) is 9.26. The second kappa shape index (κ2) is 6.15. The number of ether oxygens (including phenoxy) is 1. The molecule has 1 N–H and O–H groups in total. The van der Waals surface area contributed by atoms with Crippen molar-refractivity contribution in [2.24, 2.45) is 0 Å². The molecule has 0 spiro atoms. The zero-order valence-corrected chi connectivity index (χ0v) is 10.6. The minimum Gasteiger partial charge on any atom is -0.470 e. The summed E-state index contributed by atoms with van der Waals surface area (Å²) in [4.78, 5) is 11.7. The third-order valence-corrected chi connectivity index (χ3v) is 2.69. The van der Waals surface area contributed by atoms with Gasteiger partial charge in [0.1, 0.15) is 18.8 Å². The monoisotopic (exact) mass is 261 g/mol. The first-order valence-corrected chi connectivity index (χ1v) is 6.05. The Morgan fingerprint density at radius 1 is 1.37 bits per heavy atom. The molecular weight excluding hydrogens is 246 g/mol. The van der Waals surface area contributed by atoms with Gasteiger partial charge in [0.05, 0.1) is 0 Å². The summed E-state index contributed by atoms with van der Waals surface area (Å²) >= 11 is 0. The Hall–Kier alpha value is -2.14. The van der Waals surface area contributed by atoms with Crippen LogP contribution in [0.1, 0.15) is 28.6 Å². The molecule has 0 atom stereocenters. The van der Waals surface area contributed by atoms with E-state index in [1.54, 1.807) is 0 Å². The fraction of sp³-hybridized carbons (Fsp3) is 0.286. The molecule has 0 saturated carbocycles. The minimum absolute atomic E-state index is 0.139. The van der Waals surface area contributed by atoms with Gasteiger partial charge in [-0.25, -0.2) is 0 Å². The highest BCUT2D eigenvalue weighted by atomic mass is 16.5. The third-order valence-electron chi connectivity index (χ3n) is 2.69. The van der Waals surface area contributed by atoms with Crippen molar-refractivity contribution in [3.63, 3.8) is 0 Å². The SMILES string of the molecule is CCc1onc(OCc2ccccc2)c1C(=O)CO. The third kappa shape index (κ3) is 3.00. The predicted octanol–water partition coefficient (Wildman–Crippen LogP) is 1.99. The number of carbonyl (C=O) groups is 1. The van der Waals surface area contributed by atoms with Crippen LogP contribution in [0.25, 0.3) is 0 Å². The van der Waals surface area contributed by atoms with Crippen LogP contribution in [0.15, 0.2) is 34.9 Å². The number of benzene rings is 1. The molecule has 0 aliphatic carbocycles. The lowest BCUT2D eigenvalue weighted by Gasteiger charge is -2.04. The first kappa shape index (κ1) is 13.3. The van der Waals surface area contributed by atoms with E-state index in [4.69, 9.17) is 14.4 Å². The number of ketones is 1. The Bertz CT molecular complexity index is 548. The second-order valence-corrected chi connectivity index (χ2v) is 4.00. The van der Waals surface area contributed by atoms with E-state index in [1.165, 1.54) is 0 Å². The average molecular weight is 261 g/mol. The van der Waals surface area contributed by atoms with E-state index in [0.29, 0.717) is 18.8 Å². The highest BCUT2D eigenvalue weighted by molar-refractivity contribution is 5.99. The molecule has 1 aromatic carbocycles. The predicted molar refractivity (Wildman–Crippen MR) is 68.1 cm³/mol. The van der Waals surface area contributed by atoms with Crippen molar-refractivity contribution < 1.29 is 19.2 Å². The molecule has 0 unspecified atom stereocenters. The molecule has 0 fully saturated rings. The maximum atomic E-state index is 11.7. The second-order valence-electron chi connectivity index (χ2n) is 4.00. The number of aryl methyl sites for hydroxylation is 1. The van der Waals surface area contributed by atoms with Crippen LogP contribution in [0.3, 0.4) is 0 Å². The van der Waals surface area contributed by atoms with Gasteiger partial charge >= 0.3 is 0 Å². The fourth-order valence-corrected chi connectivity index (χ4v) is 1.73. The average Bonchev–Trinajstić information content (AvgIpc) is 2.88. The van der Waals surface area contributed by atoms with Crippen LogP contribution in [0.4, 0.5) is 0 Å². The number of hydrogen-bond acceptors (Lipinski definition) is 5. The number of Topliss-reactive ketones (excluding diaryl/α,β-unsaturated/α-hetero) is 1. The molecule has 5 heteroatoms. The summed E-state index contributed by atoms with van der Waals surface area (Å²) in [6.45, 7) is 1.55. The highest BCUT2D eigenvalue weighted by Gasteiger charge is 2.22. The summed E-state index contributed by atoms with van der Waals surface area (Å²) in [5, 5.41) is 12.7. The molecule has 0 radical (unpaired) electrons. The van der Waals surface area contributed by atoms with Crippen molar-refractivity contribution in [1.29, 1.82) is 0 Å². The van der Waals surface area contributed by atoms with Gasteiger partial charge in [-0.2, -0.15) is 0 Å². The molecular formula is C14H15NO4. The topological polar surface area (TPSA) is 72.6 Å². The van der Waals surface area contributed by atoms with Crippen LogP contribution in [-0.4, -0.2) is 22.7 Å². The van der Waals surface area contributed by atoms with E-state index in [2.05, 4.69) is 5.16 Å². The highest BCUT2D eigenvalue weighted by Crippen LogP contribution is 2.23. The molecule has 0 amide bonds. The van der Waals surface area contributed by atoms with Gasteiger partial charge in [-0.05, 0) is 10.7 Å². The molecule has 0 bridgehead atoms. The van der Waals surface area contributed by atoms with Crippen LogP contribution < -0.4 is 4.74 Å². The molecule has 100 valence electrons. The van der Waals surface area contributed by atoms with Crippen LogP contribution >= 0.6 is 0 Å². The molecule has 5 nitrogen and oxygen atoms in total. The maximum Gasteiger partial charge on any atom is 0.265 e. The number of hydrogen-bond donors (Lipinski definition) is 1. The lowest BCUT2D eigenvalue weighted by Crippen LogP contribution is -2.08. The number of rotatable bonds is 6. The van der Waals surface area contributed by atoms with Crippen molar-refractivity contribution in [3.8, 4) is 5.88 Å². The van der Waals surface area contributed by atoms with Gasteiger partial charge in [-0.1, -0.05) is 37.3 Å². The van der Waals surface area contributed by atoms with E-state index in [-0.39, 0.29) is 11.4 Å². The van der Waals surface area contributed by atoms with Gasteiger partial charge in [0.2, 0.25) is 0 Å². The molecule has 1 heterocycles. The standard InChI is InChI=1S/C14H15NO4/c1-2-12-13(11(17)8-16)14(15-19-12)18-9-10-6-4-3-5-7-10/h3-7,16H,2,8-9H2,1H3. The summed E-state index contributed by atoms with van der Waals surface area (Å²) in [6.07, 6.45) is 0.517. The van der Waals surface area contributed by atoms with E-state index in [0.717, 1.165) is 5.56 Å². The molecule has 0 aliphatic heterocycles. The van der Waals surface area contributed by atoms with Crippen molar-refractivity contribution in [3.05, 3.63) is 47.2 Å². The number of aliphatic hydroxyl groups excluding tert-OH is 1. The van der Waals surface area contributed by atoms with Crippen molar-refractivity contribution in [2.75, 3.05) is 6.61 Å². The summed E-state index contributed by atoms with van der Waals surface area (Å²) in [5.74, 6) is 0.128. The summed E-state index contributed by atoms with van der Waals surface area (Å²) < 4.78 is 10.5. The quantitative estimate of drug-likeness (QED) is 0.805. The van der Waals surface area contributed by atoms with Crippen LogP contribution in [0, 0.1) is 0 Å². The Kier molecular flexibility index (Phi) is 4.30. The normalized spacial score (nSPS) is 10.4. The van der Waals surface area contributed by atoms with Crippen LogP contribution in [0.2, 0.25) is 0 Å². The Balaban J connectivity index is 2.16. The fourth-order valence-electron chi connectivity index (χ4n) is 1.73. The van der Waals surface area contributed by atoms with Crippen LogP contribution in [-0.2, 0) is 13.0 Å². The largest absolute Gasteiger partial charge is 0.470 e. The molecule has 19 heavy (non-hydrogen) atoms. The summed E-state index contributed by atoms with van der Waals surface area (Å²) in [6, 6.07) is 9.54. The number of carbonyl (C=O) groups excluding carboxylic acids is 1. The number of nitrogens with zero attached hydrogens (tertiary/aromatic N) is 1. The Morgan fingerprint density at radius 2 is 2.11 bits per heavy atom. The van der Waals surface area contributed by atoms with Gasteiger partial charge < -0.3 is 14.4 Å². The molecule has 0 saturated heterocycles. The summed E-state index contributed by atoms with van der Waals surface area (Å²) in [7, 11) is 0. The maximum absolute atomic E-state index is 11.7. The van der Waals surface area contributed by atoms with Gasteiger partial charge in [-0.3, -0.25) is 4.79 Å². The van der Waals surface area contributed by atoms with E-state index < -0.39 is 12.4 Å².